The molecule has 0 aliphatic carbocycles. The van der Waals surface area contributed by atoms with E-state index in [1.165, 1.54) is 16.1 Å². The normalized spacial score (nSPS) is 10.8. The van der Waals surface area contributed by atoms with Gasteiger partial charge in [0.2, 0.25) is 0 Å². The standard InChI is InChI=1S/C23H21N5O/c1-3-6-17-9-11-19(12-10-17)24-15-20-14-21(29)28-23(25-20)26-22(27-28)18-8-5-7-16(4-2)13-18/h3-5,7-14,24H,1-2,6,15H2,(H,25,26,27). The van der Waals surface area contributed by atoms with E-state index >= 15 is 0 Å². The summed E-state index contributed by atoms with van der Waals surface area (Å²) in [6.07, 6.45) is 4.48. The first kappa shape index (κ1) is 18.4. The van der Waals surface area contributed by atoms with Gasteiger partial charge >= 0.3 is 0 Å². The largest absolute Gasteiger partial charge is 0.379 e. The number of aromatic nitrogens is 4. The number of nitrogens with one attached hydrogen (secondary N) is 2. The summed E-state index contributed by atoms with van der Waals surface area (Å²) < 4.78 is 1.35. The van der Waals surface area contributed by atoms with Crippen molar-refractivity contribution in [2.24, 2.45) is 0 Å². The van der Waals surface area contributed by atoms with Crippen molar-refractivity contribution >= 4 is 17.5 Å². The van der Waals surface area contributed by atoms with Gasteiger partial charge in [-0.3, -0.25) is 9.89 Å². The maximum atomic E-state index is 12.5. The first-order valence-electron chi connectivity index (χ1n) is 9.31. The van der Waals surface area contributed by atoms with Crippen LogP contribution >= 0.6 is 0 Å². The van der Waals surface area contributed by atoms with Gasteiger partial charge in [0, 0.05) is 17.3 Å². The molecule has 0 fully saturated rings. The predicted octanol–water partition coefficient (Wildman–Crippen LogP) is 4.07. The highest BCUT2D eigenvalue weighted by Gasteiger charge is 2.10. The van der Waals surface area contributed by atoms with E-state index in [4.69, 9.17) is 0 Å². The zero-order valence-corrected chi connectivity index (χ0v) is 15.9. The molecule has 0 saturated carbocycles. The minimum Gasteiger partial charge on any atom is -0.379 e. The zero-order valence-electron chi connectivity index (χ0n) is 15.9. The molecule has 6 nitrogen and oxygen atoms in total. The Kier molecular flexibility index (Phi) is 5.07. The molecule has 0 aliphatic heterocycles. The number of hydrogen-bond acceptors (Lipinski definition) is 4. The van der Waals surface area contributed by atoms with Crippen molar-refractivity contribution in [3.63, 3.8) is 0 Å². The summed E-state index contributed by atoms with van der Waals surface area (Å²) in [4.78, 5) is 21.5. The molecule has 0 radical (unpaired) electrons. The summed E-state index contributed by atoms with van der Waals surface area (Å²) in [5.74, 6) is 0.927. The lowest BCUT2D eigenvalue weighted by Gasteiger charge is -2.06. The van der Waals surface area contributed by atoms with E-state index in [-0.39, 0.29) is 5.56 Å². The Hall–Kier alpha value is -3.93. The van der Waals surface area contributed by atoms with Crippen LogP contribution in [0.1, 0.15) is 16.8 Å². The van der Waals surface area contributed by atoms with Gasteiger partial charge in [-0.05, 0) is 35.7 Å². The average Bonchev–Trinajstić information content (AvgIpc) is 3.18. The lowest BCUT2D eigenvalue weighted by Crippen LogP contribution is -2.17. The molecule has 0 amide bonds. The molecule has 2 heterocycles. The van der Waals surface area contributed by atoms with Crippen LogP contribution in [0, 0.1) is 0 Å². The summed E-state index contributed by atoms with van der Waals surface area (Å²) in [6, 6.07) is 17.4. The number of hydrogen-bond donors (Lipinski definition) is 2. The van der Waals surface area contributed by atoms with E-state index in [1.807, 2.05) is 54.6 Å². The Morgan fingerprint density at radius 3 is 2.66 bits per heavy atom. The molecule has 6 heteroatoms. The number of anilines is 1. The molecule has 29 heavy (non-hydrogen) atoms. The third-order valence-corrected chi connectivity index (χ3v) is 4.59. The Morgan fingerprint density at radius 2 is 1.90 bits per heavy atom. The van der Waals surface area contributed by atoms with Gasteiger partial charge in [0.25, 0.3) is 11.3 Å². The van der Waals surface area contributed by atoms with Gasteiger partial charge in [0.05, 0.1) is 12.2 Å². The third kappa shape index (κ3) is 4.01. The van der Waals surface area contributed by atoms with Crippen molar-refractivity contribution in [3.8, 4) is 11.4 Å². The van der Waals surface area contributed by atoms with Gasteiger partial charge in [-0.2, -0.15) is 9.50 Å². The number of nitrogens with zero attached hydrogens (tertiary/aromatic N) is 3. The van der Waals surface area contributed by atoms with Crippen molar-refractivity contribution in [2.75, 3.05) is 5.32 Å². The molecule has 0 spiro atoms. The second kappa shape index (κ2) is 7.98. The Bertz CT molecular complexity index is 1230. The maximum absolute atomic E-state index is 12.5. The lowest BCUT2D eigenvalue weighted by atomic mass is 10.1. The summed E-state index contributed by atoms with van der Waals surface area (Å²) >= 11 is 0. The van der Waals surface area contributed by atoms with Crippen molar-refractivity contribution in [3.05, 3.63) is 101 Å². The molecule has 0 unspecified atom stereocenters. The molecule has 2 aromatic carbocycles. The van der Waals surface area contributed by atoms with Crippen molar-refractivity contribution < 1.29 is 0 Å². The Balaban J connectivity index is 1.57. The minimum absolute atomic E-state index is 0.202. The topological polar surface area (TPSA) is 75.1 Å². The molecule has 0 atom stereocenters. The zero-order chi connectivity index (χ0) is 20.2. The lowest BCUT2D eigenvalue weighted by molar-refractivity contribution is 0.879. The number of rotatable bonds is 7. The average molecular weight is 383 g/mol. The number of benzene rings is 2. The van der Waals surface area contributed by atoms with Gasteiger partial charge in [0.15, 0.2) is 5.82 Å². The minimum atomic E-state index is -0.202. The fourth-order valence-electron chi connectivity index (χ4n) is 3.08. The van der Waals surface area contributed by atoms with E-state index in [0.29, 0.717) is 23.8 Å². The number of fused-ring (bicyclic) bond motifs is 1. The molecule has 4 rings (SSSR count). The van der Waals surface area contributed by atoms with Crippen LogP contribution in [-0.4, -0.2) is 19.6 Å². The van der Waals surface area contributed by atoms with Crippen molar-refractivity contribution in [1.29, 1.82) is 0 Å². The van der Waals surface area contributed by atoms with Gasteiger partial charge in [-0.25, -0.2) is 4.98 Å². The van der Waals surface area contributed by atoms with E-state index in [9.17, 15) is 4.79 Å². The first-order valence-corrected chi connectivity index (χ1v) is 9.31. The predicted molar refractivity (Wildman–Crippen MR) is 117 cm³/mol. The SMILES string of the molecule is C=CCc1ccc(NCc2cc(=O)n3[nH]c(-c4cccc(C=C)c4)nc3n2)cc1. The third-order valence-electron chi connectivity index (χ3n) is 4.59. The number of aromatic amines is 1. The summed E-state index contributed by atoms with van der Waals surface area (Å²) in [5, 5.41) is 6.31. The molecule has 2 N–H and O–H groups in total. The monoisotopic (exact) mass is 383 g/mol. The summed E-state index contributed by atoms with van der Waals surface area (Å²) in [5.41, 5.74) is 4.44. The molecule has 144 valence electrons. The van der Waals surface area contributed by atoms with Crippen LogP contribution in [0.3, 0.4) is 0 Å². The summed E-state index contributed by atoms with van der Waals surface area (Å²) in [6.45, 7) is 7.96. The second-order valence-electron chi connectivity index (χ2n) is 6.67. The van der Waals surface area contributed by atoms with Crippen LogP contribution in [0.5, 0.6) is 0 Å². The van der Waals surface area contributed by atoms with Gasteiger partial charge < -0.3 is 5.32 Å². The molecule has 0 aliphatic rings. The number of H-pyrrole nitrogens is 1. The second-order valence-corrected chi connectivity index (χ2v) is 6.67. The Labute approximate surface area is 168 Å². The molecule has 2 aromatic heterocycles. The van der Waals surface area contributed by atoms with Crippen LogP contribution < -0.4 is 10.9 Å². The fourth-order valence-corrected chi connectivity index (χ4v) is 3.08. The van der Waals surface area contributed by atoms with Crippen LogP contribution in [-0.2, 0) is 13.0 Å². The van der Waals surface area contributed by atoms with Gasteiger partial charge in [-0.15, -0.1) is 6.58 Å². The van der Waals surface area contributed by atoms with Crippen LogP contribution in [0.2, 0.25) is 0 Å². The molecule has 4 aromatic rings. The van der Waals surface area contributed by atoms with Crippen molar-refractivity contribution in [1.82, 2.24) is 19.6 Å². The fraction of sp³-hybridized carbons (Fsp3) is 0.0870. The Morgan fingerprint density at radius 1 is 1.07 bits per heavy atom. The van der Waals surface area contributed by atoms with Crippen LogP contribution in [0.4, 0.5) is 5.69 Å². The van der Waals surface area contributed by atoms with E-state index in [0.717, 1.165) is 23.2 Å². The molecular formula is C23H21N5O. The summed E-state index contributed by atoms with van der Waals surface area (Å²) in [7, 11) is 0. The molecular weight excluding hydrogens is 362 g/mol. The highest BCUT2D eigenvalue weighted by atomic mass is 16.1. The quantitative estimate of drug-likeness (QED) is 0.472. The van der Waals surface area contributed by atoms with E-state index in [2.05, 4.69) is 33.5 Å². The molecule has 0 saturated heterocycles. The molecule has 0 bridgehead atoms. The highest BCUT2D eigenvalue weighted by Crippen LogP contribution is 2.17. The van der Waals surface area contributed by atoms with Gasteiger partial charge in [0.1, 0.15) is 0 Å². The highest BCUT2D eigenvalue weighted by molar-refractivity contribution is 5.62. The van der Waals surface area contributed by atoms with Crippen LogP contribution in [0.25, 0.3) is 23.2 Å². The first-order chi connectivity index (χ1) is 14.2. The maximum Gasteiger partial charge on any atom is 0.274 e. The van der Waals surface area contributed by atoms with E-state index in [1.54, 1.807) is 6.08 Å². The van der Waals surface area contributed by atoms with Crippen molar-refractivity contribution in [2.45, 2.75) is 13.0 Å². The van der Waals surface area contributed by atoms with Crippen LogP contribution in [0.15, 0.2) is 78.6 Å². The van der Waals surface area contributed by atoms with Gasteiger partial charge in [-0.1, -0.05) is 49.1 Å². The smallest absolute Gasteiger partial charge is 0.274 e. The van der Waals surface area contributed by atoms with E-state index < -0.39 is 0 Å². The number of allylic oxidation sites excluding steroid dienone is 1.